The molecule has 1 heterocycles. The third-order valence-electron chi connectivity index (χ3n) is 4.98. The van der Waals surface area contributed by atoms with Crippen LogP contribution in [0.4, 0.5) is 10.1 Å². The summed E-state index contributed by atoms with van der Waals surface area (Å²) in [5.74, 6) is -0.840. The van der Waals surface area contributed by atoms with Crippen molar-refractivity contribution in [3.63, 3.8) is 0 Å². The third-order valence-corrected chi connectivity index (χ3v) is 7.88. The number of nitrogens with one attached hydrogen (secondary N) is 1. The largest absolute Gasteiger partial charge is 0.323 e. The fraction of sp³-hybridized carbons (Fsp3) is 0.364. The number of hydrogen-bond donors (Lipinski definition) is 1. The number of unbranched alkanes of at least 4 members (excludes halogenated alkanes) is 1. The molecule has 0 aliphatic heterocycles. The standard InChI is InChI=1S/C22H27FN4O3S2/c1-5-6-13-27-20-12-11-16(32(29,30)26(3)4)14-19(20)25-22(27)31-15(2)21(28)24-18-10-8-7-9-17(18)23/h7-12,14-15H,5-6,13H2,1-4H3,(H,24,28). The summed E-state index contributed by atoms with van der Waals surface area (Å²) in [5.41, 5.74) is 1.48. The lowest BCUT2D eigenvalue weighted by Crippen LogP contribution is -2.23. The molecule has 1 atom stereocenters. The number of para-hydroxylation sites is 1. The maximum absolute atomic E-state index is 13.9. The van der Waals surface area contributed by atoms with Crippen molar-refractivity contribution in [1.82, 2.24) is 13.9 Å². The number of hydrogen-bond acceptors (Lipinski definition) is 5. The van der Waals surface area contributed by atoms with Crippen LogP contribution in [0.3, 0.4) is 0 Å². The number of imidazole rings is 1. The second-order valence-electron chi connectivity index (χ2n) is 7.57. The van der Waals surface area contributed by atoms with E-state index in [0.717, 1.165) is 22.7 Å². The van der Waals surface area contributed by atoms with Gasteiger partial charge in [-0.2, -0.15) is 0 Å². The Bertz CT molecular complexity index is 1230. The molecule has 10 heteroatoms. The molecule has 1 unspecified atom stereocenters. The lowest BCUT2D eigenvalue weighted by atomic mass is 10.3. The monoisotopic (exact) mass is 478 g/mol. The molecule has 0 radical (unpaired) electrons. The summed E-state index contributed by atoms with van der Waals surface area (Å²) in [6, 6.07) is 10.9. The number of aryl methyl sites for hydroxylation is 1. The SMILES string of the molecule is CCCCn1c(SC(C)C(=O)Nc2ccccc2F)nc2cc(S(=O)(=O)N(C)C)ccc21. The van der Waals surface area contributed by atoms with E-state index in [4.69, 9.17) is 0 Å². The Kier molecular flexibility index (Phi) is 7.58. The number of fused-ring (bicyclic) bond motifs is 1. The molecule has 7 nitrogen and oxygen atoms in total. The van der Waals surface area contributed by atoms with Gasteiger partial charge in [0.15, 0.2) is 5.16 Å². The van der Waals surface area contributed by atoms with E-state index in [1.165, 1.54) is 38.0 Å². The van der Waals surface area contributed by atoms with Crippen LogP contribution in [0.2, 0.25) is 0 Å². The topological polar surface area (TPSA) is 84.3 Å². The van der Waals surface area contributed by atoms with E-state index in [0.29, 0.717) is 17.2 Å². The van der Waals surface area contributed by atoms with Crippen molar-refractivity contribution in [2.75, 3.05) is 19.4 Å². The second kappa shape index (κ2) is 10.0. The van der Waals surface area contributed by atoms with Gasteiger partial charge in [-0.1, -0.05) is 37.2 Å². The summed E-state index contributed by atoms with van der Waals surface area (Å²) in [4.78, 5) is 17.4. The van der Waals surface area contributed by atoms with Crippen LogP contribution in [0, 0.1) is 5.82 Å². The van der Waals surface area contributed by atoms with Gasteiger partial charge in [0.25, 0.3) is 0 Å². The van der Waals surface area contributed by atoms with E-state index in [1.54, 1.807) is 37.3 Å². The fourth-order valence-electron chi connectivity index (χ4n) is 3.09. The maximum atomic E-state index is 13.9. The van der Waals surface area contributed by atoms with Crippen molar-refractivity contribution >= 4 is 44.4 Å². The maximum Gasteiger partial charge on any atom is 0.242 e. The number of thioether (sulfide) groups is 1. The van der Waals surface area contributed by atoms with Crippen LogP contribution >= 0.6 is 11.8 Å². The highest BCUT2D eigenvalue weighted by Gasteiger charge is 2.23. The van der Waals surface area contributed by atoms with Gasteiger partial charge in [0.2, 0.25) is 15.9 Å². The highest BCUT2D eigenvalue weighted by Crippen LogP contribution is 2.30. The number of rotatable bonds is 9. The van der Waals surface area contributed by atoms with Crippen LogP contribution in [-0.4, -0.2) is 47.5 Å². The summed E-state index contributed by atoms with van der Waals surface area (Å²) >= 11 is 1.26. The number of carbonyl (C=O) groups is 1. The number of sulfonamides is 1. The number of amides is 1. The molecule has 0 bridgehead atoms. The number of anilines is 1. The first kappa shape index (κ1) is 24.2. The average molecular weight is 479 g/mol. The highest BCUT2D eigenvalue weighted by molar-refractivity contribution is 8.00. The van der Waals surface area contributed by atoms with E-state index >= 15 is 0 Å². The average Bonchev–Trinajstić information content (AvgIpc) is 3.09. The highest BCUT2D eigenvalue weighted by atomic mass is 32.2. The van der Waals surface area contributed by atoms with Crippen LogP contribution in [0.15, 0.2) is 52.5 Å². The lowest BCUT2D eigenvalue weighted by Gasteiger charge is -2.14. The van der Waals surface area contributed by atoms with Crippen molar-refractivity contribution in [2.45, 2.75) is 48.5 Å². The van der Waals surface area contributed by atoms with Crippen molar-refractivity contribution < 1.29 is 17.6 Å². The summed E-state index contributed by atoms with van der Waals surface area (Å²) in [6.45, 7) is 4.50. The summed E-state index contributed by atoms with van der Waals surface area (Å²) in [6.07, 6.45) is 1.88. The van der Waals surface area contributed by atoms with Gasteiger partial charge in [0.05, 0.1) is 26.9 Å². The van der Waals surface area contributed by atoms with E-state index < -0.39 is 21.1 Å². The molecule has 1 amide bonds. The molecule has 3 aromatic rings. The predicted molar refractivity (Wildman–Crippen MR) is 126 cm³/mol. The van der Waals surface area contributed by atoms with Crippen LogP contribution in [-0.2, 0) is 21.4 Å². The minimum absolute atomic E-state index is 0.128. The number of halogens is 1. The predicted octanol–water partition coefficient (Wildman–Crippen LogP) is 4.35. The summed E-state index contributed by atoms with van der Waals surface area (Å²) < 4.78 is 42.1. The molecule has 3 rings (SSSR count). The van der Waals surface area contributed by atoms with Gasteiger partial charge >= 0.3 is 0 Å². The smallest absolute Gasteiger partial charge is 0.242 e. The molecular formula is C22H27FN4O3S2. The molecular weight excluding hydrogens is 451 g/mol. The van der Waals surface area contributed by atoms with Gasteiger partial charge in [0.1, 0.15) is 5.82 Å². The van der Waals surface area contributed by atoms with E-state index in [1.807, 2.05) is 4.57 Å². The van der Waals surface area contributed by atoms with Gasteiger partial charge < -0.3 is 9.88 Å². The van der Waals surface area contributed by atoms with Gasteiger partial charge in [0, 0.05) is 20.6 Å². The van der Waals surface area contributed by atoms with E-state index in [-0.39, 0.29) is 16.5 Å². The lowest BCUT2D eigenvalue weighted by molar-refractivity contribution is -0.115. The Morgan fingerprint density at radius 1 is 1.25 bits per heavy atom. The van der Waals surface area contributed by atoms with Crippen molar-refractivity contribution in [2.24, 2.45) is 0 Å². The molecule has 0 aliphatic rings. The number of benzene rings is 2. The van der Waals surface area contributed by atoms with Gasteiger partial charge in [-0.15, -0.1) is 0 Å². The molecule has 2 aromatic carbocycles. The Labute approximate surface area is 192 Å². The normalized spacial score (nSPS) is 12.9. The molecule has 0 saturated carbocycles. The minimum atomic E-state index is -3.59. The van der Waals surface area contributed by atoms with Gasteiger partial charge in [-0.3, -0.25) is 4.79 Å². The molecule has 172 valence electrons. The number of carbonyl (C=O) groups excluding carboxylic acids is 1. The Morgan fingerprint density at radius 3 is 2.62 bits per heavy atom. The zero-order chi connectivity index (χ0) is 23.5. The number of aromatic nitrogens is 2. The molecule has 1 N–H and O–H groups in total. The van der Waals surface area contributed by atoms with Gasteiger partial charge in [-0.05, 0) is 43.7 Å². The fourth-order valence-corrected chi connectivity index (χ4v) is 4.96. The quantitative estimate of drug-likeness (QED) is 0.463. The zero-order valence-electron chi connectivity index (χ0n) is 18.5. The van der Waals surface area contributed by atoms with Crippen LogP contribution < -0.4 is 5.32 Å². The summed E-state index contributed by atoms with van der Waals surface area (Å²) in [7, 11) is -0.621. The van der Waals surface area contributed by atoms with Crippen molar-refractivity contribution in [3.05, 3.63) is 48.3 Å². The molecule has 0 spiro atoms. The first-order chi connectivity index (χ1) is 15.1. The second-order valence-corrected chi connectivity index (χ2v) is 11.0. The molecule has 0 saturated heterocycles. The Hall–Kier alpha value is -2.43. The molecule has 0 fully saturated rings. The van der Waals surface area contributed by atoms with Crippen molar-refractivity contribution in [3.8, 4) is 0 Å². The van der Waals surface area contributed by atoms with E-state index in [9.17, 15) is 17.6 Å². The van der Waals surface area contributed by atoms with Crippen LogP contribution in [0.1, 0.15) is 26.7 Å². The molecule has 0 aliphatic carbocycles. The Balaban J connectivity index is 1.91. The first-order valence-corrected chi connectivity index (χ1v) is 12.6. The van der Waals surface area contributed by atoms with E-state index in [2.05, 4.69) is 17.2 Å². The molecule has 32 heavy (non-hydrogen) atoms. The Morgan fingerprint density at radius 2 is 1.97 bits per heavy atom. The zero-order valence-corrected chi connectivity index (χ0v) is 20.1. The molecule has 1 aromatic heterocycles. The van der Waals surface area contributed by atoms with Crippen molar-refractivity contribution in [1.29, 1.82) is 0 Å². The number of nitrogens with zero attached hydrogens (tertiary/aromatic N) is 3. The van der Waals surface area contributed by atoms with Crippen LogP contribution in [0.5, 0.6) is 0 Å². The first-order valence-electron chi connectivity index (χ1n) is 10.3. The van der Waals surface area contributed by atoms with Crippen LogP contribution in [0.25, 0.3) is 11.0 Å². The van der Waals surface area contributed by atoms with Gasteiger partial charge in [-0.25, -0.2) is 22.1 Å². The minimum Gasteiger partial charge on any atom is -0.323 e. The third kappa shape index (κ3) is 5.13. The summed E-state index contributed by atoms with van der Waals surface area (Å²) in [5, 5.41) is 2.68.